The molecule has 0 amide bonds. The fourth-order valence-corrected chi connectivity index (χ4v) is 1.90. The zero-order chi connectivity index (χ0) is 14.5. The molecule has 0 fully saturated rings. The third-order valence-electron chi connectivity index (χ3n) is 3.18. The molecule has 0 aliphatic heterocycles. The van der Waals surface area contributed by atoms with Gasteiger partial charge in [-0.2, -0.15) is 5.10 Å². The first-order chi connectivity index (χ1) is 9.61. The largest absolute Gasteiger partial charge is 0.372 e. The number of hydrogen-bond donors (Lipinski definition) is 1. The second kappa shape index (κ2) is 6.29. The highest BCUT2D eigenvalue weighted by Crippen LogP contribution is 2.07. The maximum Gasteiger partial charge on any atom is 0.269 e. The molecule has 0 radical (unpaired) electrons. The van der Waals surface area contributed by atoms with E-state index in [-0.39, 0.29) is 5.56 Å². The number of likely N-dealkylation sites (N-methyl/N-ethyl adjacent to an activating group) is 1. The van der Waals surface area contributed by atoms with Gasteiger partial charge in [-0.3, -0.25) is 9.78 Å². The predicted octanol–water partition coefficient (Wildman–Crippen LogP) is 0.390. The Morgan fingerprint density at radius 3 is 2.90 bits per heavy atom. The third kappa shape index (κ3) is 3.21. The molecule has 2 heterocycles. The summed E-state index contributed by atoms with van der Waals surface area (Å²) in [7, 11) is 1.89. The summed E-state index contributed by atoms with van der Waals surface area (Å²) in [6.07, 6.45) is 3.39. The molecule has 6 heteroatoms. The van der Waals surface area contributed by atoms with Crippen LogP contribution in [0.2, 0.25) is 0 Å². The minimum absolute atomic E-state index is 0.142. The van der Waals surface area contributed by atoms with Crippen LogP contribution in [0, 0.1) is 6.92 Å². The summed E-state index contributed by atoms with van der Waals surface area (Å²) in [5, 5.41) is 4.20. The predicted molar refractivity (Wildman–Crippen MR) is 78.9 cm³/mol. The number of pyridine rings is 1. The van der Waals surface area contributed by atoms with Gasteiger partial charge in [0, 0.05) is 32.4 Å². The Bertz CT molecular complexity index is 637. The minimum atomic E-state index is -0.142. The first-order valence-corrected chi connectivity index (χ1v) is 6.50. The lowest BCUT2D eigenvalue weighted by Gasteiger charge is -2.17. The Balaban J connectivity index is 2.23. The second-order valence-corrected chi connectivity index (χ2v) is 4.69. The molecule has 2 aromatic heterocycles. The lowest BCUT2D eigenvalue weighted by Crippen LogP contribution is -2.29. The highest BCUT2D eigenvalue weighted by Gasteiger charge is 2.06. The van der Waals surface area contributed by atoms with Gasteiger partial charge in [-0.1, -0.05) is 6.07 Å². The maximum absolute atomic E-state index is 12.1. The molecule has 0 atom stereocenters. The van der Waals surface area contributed by atoms with Crippen LogP contribution in [-0.2, 0) is 6.54 Å². The van der Waals surface area contributed by atoms with Gasteiger partial charge in [0.2, 0.25) is 0 Å². The Morgan fingerprint density at radius 1 is 1.45 bits per heavy atom. The van der Waals surface area contributed by atoms with Gasteiger partial charge < -0.3 is 10.6 Å². The molecule has 0 aromatic carbocycles. The van der Waals surface area contributed by atoms with Crippen LogP contribution in [0.15, 0.2) is 35.4 Å². The van der Waals surface area contributed by atoms with Crippen molar-refractivity contribution in [2.24, 2.45) is 5.73 Å². The zero-order valence-corrected chi connectivity index (χ0v) is 11.8. The number of aromatic nitrogens is 3. The Morgan fingerprint density at radius 2 is 2.25 bits per heavy atom. The monoisotopic (exact) mass is 273 g/mol. The van der Waals surface area contributed by atoms with E-state index in [0.29, 0.717) is 19.6 Å². The summed E-state index contributed by atoms with van der Waals surface area (Å²) in [4.78, 5) is 18.3. The number of hydrogen-bond acceptors (Lipinski definition) is 5. The zero-order valence-electron chi connectivity index (χ0n) is 11.8. The van der Waals surface area contributed by atoms with Gasteiger partial charge in [0.1, 0.15) is 0 Å². The normalized spacial score (nSPS) is 10.6. The quantitative estimate of drug-likeness (QED) is 0.852. The molecule has 0 spiro atoms. The van der Waals surface area contributed by atoms with E-state index in [1.54, 1.807) is 18.5 Å². The molecule has 2 rings (SSSR count). The van der Waals surface area contributed by atoms with Crippen LogP contribution in [0.5, 0.6) is 0 Å². The molecule has 0 saturated carbocycles. The van der Waals surface area contributed by atoms with Crippen LogP contribution in [0.25, 0.3) is 0 Å². The third-order valence-corrected chi connectivity index (χ3v) is 3.18. The summed E-state index contributed by atoms with van der Waals surface area (Å²) in [5.41, 5.74) is 8.03. The number of aryl methyl sites for hydroxylation is 1. The van der Waals surface area contributed by atoms with Gasteiger partial charge in [0.05, 0.1) is 24.1 Å². The van der Waals surface area contributed by atoms with Crippen LogP contribution in [-0.4, -0.2) is 34.9 Å². The SMILES string of the molecule is Cc1cccnc1Cn1ncc(N(C)CCN)cc1=O. The highest BCUT2D eigenvalue weighted by atomic mass is 16.1. The van der Waals surface area contributed by atoms with Crippen molar-refractivity contribution in [2.45, 2.75) is 13.5 Å². The molecule has 0 aliphatic carbocycles. The van der Waals surface area contributed by atoms with E-state index < -0.39 is 0 Å². The smallest absolute Gasteiger partial charge is 0.269 e. The minimum Gasteiger partial charge on any atom is -0.372 e. The van der Waals surface area contributed by atoms with E-state index in [2.05, 4.69) is 10.1 Å². The van der Waals surface area contributed by atoms with Crippen LogP contribution >= 0.6 is 0 Å². The molecule has 6 nitrogen and oxygen atoms in total. The summed E-state index contributed by atoms with van der Waals surface area (Å²) >= 11 is 0. The van der Waals surface area contributed by atoms with E-state index in [9.17, 15) is 4.79 Å². The lowest BCUT2D eigenvalue weighted by atomic mass is 10.2. The van der Waals surface area contributed by atoms with E-state index in [0.717, 1.165) is 16.9 Å². The fourth-order valence-electron chi connectivity index (χ4n) is 1.90. The van der Waals surface area contributed by atoms with Crippen molar-refractivity contribution in [3.8, 4) is 0 Å². The maximum atomic E-state index is 12.1. The van der Waals surface area contributed by atoms with E-state index in [4.69, 9.17) is 5.73 Å². The van der Waals surface area contributed by atoms with Crippen molar-refractivity contribution >= 4 is 5.69 Å². The Labute approximate surface area is 117 Å². The van der Waals surface area contributed by atoms with Crippen molar-refractivity contribution in [3.63, 3.8) is 0 Å². The average Bonchev–Trinajstić information content (AvgIpc) is 2.43. The van der Waals surface area contributed by atoms with Crippen molar-refractivity contribution in [3.05, 3.63) is 52.2 Å². The summed E-state index contributed by atoms with van der Waals surface area (Å²) < 4.78 is 1.41. The topological polar surface area (TPSA) is 77.0 Å². The summed E-state index contributed by atoms with van der Waals surface area (Å²) in [5.74, 6) is 0. The van der Waals surface area contributed by atoms with E-state index in [1.165, 1.54) is 4.68 Å². The first-order valence-electron chi connectivity index (χ1n) is 6.50. The van der Waals surface area contributed by atoms with Gasteiger partial charge in [0.25, 0.3) is 5.56 Å². The molecular weight excluding hydrogens is 254 g/mol. The van der Waals surface area contributed by atoms with Crippen LogP contribution in [0.1, 0.15) is 11.3 Å². The molecule has 0 aliphatic rings. The number of rotatable bonds is 5. The second-order valence-electron chi connectivity index (χ2n) is 4.69. The van der Waals surface area contributed by atoms with E-state index in [1.807, 2.05) is 31.0 Å². The molecule has 0 bridgehead atoms. The van der Waals surface area contributed by atoms with Crippen molar-refractivity contribution in [2.75, 3.05) is 25.0 Å². The number of anilines is 1. The Kier molecular flexibility index (Phi) is 4.47. The fraction of sp³-hybridized carbons (Fsp3) is 0.357. The molecular formula is C14H19N5O. The molecule has 2 N–H and O–H groups in total. The summed E-state index contributed by atoms with van der Waals surface area (Å²) in [6, 6.07) is 5.41. The number of nitrogens with zero attached hydrogens (tertiary/aromatic N) is 4. The van der Waals surface area contributed by atoms with Crippen LogP contribution in [0.3, 0.4) is 0 Å². The standard InChI is InChI=1S/C14H19N5O/c1-11-4-3-6-16-13(11)10-19-14(20)8-12(9-17-19)18(2)7-5-15/h3-4,6,8-9H,5,7,10,15H2,1-2H3. The number of nitrogens with two attached hydrogens (primary N) is 1. The van der Waals surface area contributed by atoms with Crippen molar-refractivity contribution in [1.82, 2.24) is 14.8 Å². The Hall–Kier alpha value is -2.21. The van der Waals surface area contributed by atoms with Gasteiger partial charge in [-0.15, -0.1) is 0 Å². The highest BCUT2D eigenvalue weighted by molar-refractivity contribution is 5.41. The molecule has 2 aromatic rings. The van der Waals surface area contributed by atoms with Gasteiger partial charge in [0.15, 0.2) is 0 Å². The first kappa shape index (κ1) is 14.2. The van der Waals surface area contributed by atoms with Crippen LogP contribution < -0.4 is 16.2 Å². The lowest BCUT2D eigenvalue weighted by molar-refractivity contribution is 0.623. The van der Waals surface area contributed by atoms with Crippen molar-refractivity contribution in [1.29, 1.82) is 0 Å². The van der Waals surface area contributed by atoms with Crippen LogP contribution in [0.4, 0.5) is 5.69 Å². The molecule has 0 unspecified atom stereocenters. The van der Waals surface area contributed by atoms with Gasteiger partial charge in [-0.05, 0) is 18.6 Å². The molecule has 20 heavy (non-hydrogen) atoms. The van der Waals surface area contributed by atoms with Gasteiger partial charge >= 0.3 is 0 Å². The van der Waals surface area contributed by atoms with Gasteiger partial charge in [-0.25, -0.2) is 4.68 Å². The average molecular weight is 273 g/mol. The summed E-state index contributed by atoms with van der Waals surface area (Å²) in [6.45, 7) is 3.57. The van der Waals surface area contributed by atoms with Crippen molar-refractivity contribution < 1.29 is 0 Å². The molecule has 106 valence electrons. The van der Waals surface area contributed by atoms with E-state index >= 15 is 0 Å². The molecule has 0 saturated heterocycles.